The van der Waals surface area contributed by atoms with Crippen molar-refractivity contribution in [3.05, 3.63) is 28.2 Å². The van der Waals surface area contributed by atoms with Crippen LogP contribution in [-0.2, 0) is 0 Å². The predicted molar refractivity (Wildman–Crippen MR) is 70.7 cm³/mol. The molecule has 2 N–H and O–H groups in total. The van der Waals surface area contributed by atoms with Crippen LogP contribution in [0.25, 0.3) is 0 Å². The minimum Gasteiger partial charge on any atom is -0.393 e. The Bertz CT molecular complexity index is 442. The summed E-state index contributed by atoms with van der Waals surface area (Å²) in [5.74, 6) is 0.306. The van der Waals surface area contributed by atoms with Gasteiger partial charge in [-0.15, -0.1) is 0 Å². The number of aliphatic hydroxyl groups is 1. The van der Waals surface area contributed by atoms with Crippen LogP contribution >= 0.6 is 15.9 Å². The maximum Gasteiger partial charge on any atom is 0.101 e. The lowest BCUT2D eigenvalue weighted by atomic mass is 10.1. The Hall–Kier alpha value is -1.05. The van der Waals surface area contributed by atoms with Gasteiger partial charge in [-0.1, -0.05) is 22.4 Å². The topological polar surface area (TPSA) is 56.0 Å². The molecule has 0 aliphatic heterocycles. The molecule has 2 atom stereocenters. The summed E-state index contributed by atoms with van der Waals surface area (Å²) in [4.78, 5) is 0. The molecule has 0 spiro atoms. The van der Waals surface area contributed by atoms with Crippen molar-refractivity contribution in [3.63, 3.8) is 0 Å². The highest BCUT2D eigenvalue weighted by Crippen LogP contribution is 2.27. The van der Waals surface area contributed by atoms with Crippen LogP contribution in [0.5, 0.6) is 0 Å². The fraction of sp³-hybridized carbons (Fsp3) is 0.462. The smallest absolute Gasteiger partial charge is 0.101 e. The Morgan fingerprint density at radius 3 is 2.94 bits per heavy atom. The number of nitrogens with one attached hydrogen (secondary N) is 1. The number of hydrogen-bond acceptors (Lipinski definition) is 3. The molecule has 17 heavy (non-hydrogen) atoms. The molecule has 90 valence electrons. The fourth-order valence-corrected chi connectivity index (χ4v) is 2.62. The molecule has 0 bridgehead atoms. The molecule has 1 aliphatic carbocycles. The van der Waals surface area contributed by atoms with E-state index < -0.39 is 0 Å². The second-order valence-electron chi connectivity index (χ2n) is 4.44. The SMILES string of the molecule is N#Cc1ccc(Br)cc1NCC1CCCC1O. The zero-order valence-electron chi connectivity index (χ0n) is 9.49. The molecule has 3 nitrogen and oxygen atoms in total. The third kappa shape index (κ3) is 2.99. The molecule has 2 unspecified atom stereocenters. The molecular formula is C13H15BrN2O. The number of nitrogens with zero attached hydrogens (tertiary/aromatic N) is 1. The third-order valence-corrected chi connectivity index (χ3v) is 3.77. The minimum absolute atomic E-state index is 0.194. The first-order valence-electron chi connectivity index (χ1n) is 5.82. The fourth-order valence-electron chi connectivity index (χ4n) is 2.26. The van der Waals surface area contributed by atoms with Gasteiger partial charge in [-0.25, -0.2) is 0 Å². The summed E-state index contributed by atoms with van der Waals surface area (Å²) in [6.07, 6.45) is 2.86. The van der Waals surface area contributed by atoms with Gasteiger partial charge in [0.15, 0.2) is 0 Å². The van der Waals surface area contributed by atoms with Crippen molar-refractivity contribution in [2.75, 3.05) is 11.9 Å². The van der Waals surface area contributed by atoms with Crippen molar-refractivity contribution in [2.45, 2.75) is 25.4 Å². The lowest BCUT2D eigenvalue weighted by Gasteiger charge is -2.16. The van der Waals surface area contributed by atoms with E-state index in [0.29, 0.717) is 11.5 Å². The standard InChI is InChI=1S/C13H15BrN2O/c14-11-5-4-9(7-15)12(6-11)16-8-10-2-1-3-13(10)17/h4-6,10,13,16-17H,1-3,8H2. The van der Waals surface area contributed by atoms with Crippen LogP contribution in [-0.4, -0.2) is 17.8 Å². The molecule has 0 heterocycles. The summed E-state index contributed by atoms with van der Waals surface area (Å²) in [5, 5.41) is 22.0. The third-order valence-electron chi connectivity index (χ3n) is 3.28. The number of hydrogen-bond donors (Lipinski definition) is 2. The van der Waals surface area contributed by atoms with Gasteiger partial charge in [-0.05, 0) is 31.0 Å². The van der Waals surface area contributed by atoms with Crippen LogP contribution in [0.3, 0.4) is 0 Å². The molecule has 0 aromatic heterocycles. The van der Waals surface area contributed by atoms with E-state index in [1.54, 1.807) is 6.07 Å². The number of benzene rings is 1. The maximum absolute atomic E-state index is 9.73. The van der Waals surface area contributed by atoms with E-state index in [-0.39, 0.29) is 6.10 Å². The van der Waals surface area contributed by atoms with E-state index >= 15 is 0 Å². The van der Waals surface area contributed by atoms with Gasteiger partial charge in [0, 0.05) is 16.9 Å². The molecular weight excluding hydrogens is 280 g/mol. The summed E-state index contributed by atoms with van der Waals surface area (Å²) in [6, 6.07) is 7.71. The van der Waals surface area contributed by atoms with Gasteiger partial charge >= 0.3 is 0 Å². The molecule has 0 saturated heterocycles. The summed E-state index contributed by atoms with van der Waals surface area (Å²) < 4.78 is 0.950. The maximum atomic E-state index is 9.73. The largest absolute Gasteiger partial charge is 0.393 e. The first-order chi connectivity index (χ1) is 8.20. The molecule has 0 amide bonds. The molecule has 4 heteroatoms. The van der Waals surface area contributed by atoms with Gasteiger partial charge < -0.3 is 10.4 Å². The lowest BCUT2D eigenvalue weighted by Crippen LogP contribution is -2.22. The summed E-state index contributed by atoms with van der Waals surface area (Å²) in [7, 11) is 0. The zero-order valence-corrected chi connectivity index (χ0v) is 11.1. The van der Waals surface area contributed by atoms with Gasteiger partial charge in [0.25, 0.3) is 0 Å². The Labute approximate surface area is 110 Å². The second-order valence-corrected chi connectivity index (χ2v) is 5.36. The molecule has 0 radical (unpaired) electrons. The number of rotatable bonds is 3. The van der Waals surface area contributed by atoms with Crippen molar-refractivity contribution in [1.29, 1.82) is 5.26 Å². The van der Waals surface area contributed by atoms with Gasteiger partial charge in [-0.2, -0.15) is 5.26 Å². The van der Waals surface area contributed by atoms with E-state index in [9.17, 15) is 5.11 Å². The Kier molecular flexibility index (Phi) is 4.03. The van der Waals surface area contributed by atoms with E-state index in [0.717, 1.165) is 36.0 Å². The number of anilines is 1. The molecule has 1 aromatic carbocycles. The number of halogens is 1. The lowest BCUT2D eigenvalue weighted by molar-refractivity contribution is 0.138. The van der Waals surface area contributed by atoms with Crippen molar-refractivity contribution in [1.82, 2.24) is 0 Å². The van der Waals surface area contributed by atoms with Crippen LogP contribution in [0.4, 0.5) is 5.69 Å². The van der Waals surface area contributed by atoms with Crippen molar-refractivity contribution in [3.8, 4) is 6.07 Å². The minimum atomic E-state index is -0.194. The van der Waals surface area contributed by atoms with Crippen molar-refractivity contribution in [2.24, 2.45) is 5.92 Å². The average Bonchev–Trinajstić information content (AvgIpc) is 2.72. The summed E-state index contributed by atoms with van der Waals surface area (Å²) in [5.41, 5.74) is 1.47. The highest BCUT2D eigenvalue weighted by atomic mass is 79.9. The Morgan fingerprint density at radius 2 is 2.29 bits per heavy atom. The zero-order chi connectivity index (χ0) is 12.3. The van der Waals surface area contributed by atoms with E-state index in [1.165, 1.54) is 0 Å². The van der Waals surface area contributed by atoms with Crippen molar-refractivity contribution < 1.29 is 5.11 Å². The normalized spacial score (nSPS) is 23.4. The first-order valence-corrected chi connectivity index (χ1v) is 6.61. The molecule has 1 aromatic rings. The van der Waals surface area contributed by atoms with Crippen LogP contribution in [0.15, 0.2) is 22.7 Å². The highest BCUT2D eigenvalue weighted by Gasteiger charge is 2.24. The van der Waals surface area contributed by atoms with Gasteiger partial charge in [-0.3, -0.25) is 0 Å². The van der Waals surface area contributed by atoms with Crippen LogP contribution in [0.1, 0.15) is 24.8 Å². The highest BCUT2D eigenvalue weighted by molar-refractivity contribution is 9.10. The molecule has 1 saturated carbocycles. The van der Waals surface area contributed by atoms with Crippen LogP contribution in [0.2, 0.25) is 0 Å². The number of aliphatic hydroxyl groups excluding tert-OH is 1. The van der Waals surface area contributed by atoms with E-state index in [4.69, 9.17) is 5.26 Å². The van der Waals surface area contributed by atoms with E-state index in [2.05, 4.69) is 27.3 Å². The summed E-state index contributed by atoms with van der Waals surface area (Å²) in [6.45, 7) is 0.728. The van der Waals surface area contributed by atoms with Gasteiger partial charge in [0.05, 0.1) is 17.4 Å². The van der Waals surface area contributed by atoms with Crippen LogP contribution < -0.4 is 5.32 Å². The monoisotopic (exact) mass is 294 g/mol. The Morgan fingerprint density at radius 1 is 1.47 bits per heavy atom. The Balaban J connectivity index is 2.03. The second kappa shape index (κ2) is 5.52. The molecule has 1 aliphatic rings. The van der Waals surface area contributed by atoms with Gasteiger partial charge in [0.1, 0.15) is 6.07 Å². The van der Waals surface area contributed by atoms with Crippen LogP contribution in [0, 0.1) is 17.2 Å². The van der Waals surface area contributed by atoms with Crippen molar-refractivity contribution >= 4 is 21.6 Å². The average molecular weight is 295 g/mol. The molecule has 1 fully saturated rings. The van der Waals surface area contributed by atoms with E-state index in [1.807, 2.05) is 12.1 Å². The number of nitriles is 1. The molecule has 2 rings (SSSR count). The predicted octanol–water partition coefficient (Wildman–Crippen LogP) is 2.89. The first kappa shape index (κ1) is 12.4. The summed E-state index contributed by atoms with van der Waals surface area (Å²) >= 11 is 3.39. The van der Waals surface area contributed by atoms with Gasteiger partial charge in [0.2, 0.25) is 0 Å². The quantitative estimate of drug-likeness (QED) is 0.901.